The Kier molecular flexibility index (Phi) is 5.50. The van der Waals surface area contributed by atoms with E-state index in [1.54, 1.807) is 12.4 Å². The van der Waals surface area contributed by atoms with Gasteiger partial charge in [-0.2, -0.15) is 0 Å². The number of hydrogen-bond donors (Lipinski definition) is 1. The number of amidine groups is 1. The molecule has 0 saturated carbocycles. The predicted octanol–water partition coefficient (Wildman–Crippen LogP) is 1.13. The Hall–Kier alpha value is -1.42. The van der Waals surface area contributed by atoms with E-state index in [9.17, 15) is 0 Å². The lowest BCUT2D eigenvalue weighted by Crippen LogP contribution is -2.26. The largest absolute Gasteiger partial charge is 0.383 e. The van der Waals surface area contributed by atoms with Crippen LogP contribution in [0.25, 0.3) is 0 Å². The zero-order chi connectivity index (χ0) is 11.8. The third-order valence-corrected chi connectivity index (χ3v) is 2.55. The summed E-state index contributed by atoms with van der Waals surface area (Å²) in [7, 11) is 0. The smallest absolute Gasteiger partial charge is 0.127 e. The summed E-state index contributed by atoms with van der Waals surface area (Å²) in [6.07, 6.45) is 3.46. The van der Waals surface area contributed by atoms with Crippen molar-refractivity contribution in [2.24, 2.45) is 10.7 Å². The van der Waals surface area contributed by atoms with Gasteiger partial charge in [0.1, 0.15) is 5.84 Å². The average Bonchev–Trinajstić information content (AvgIpc) is 2.35. The molecule has 16 heavy (non-hydrogen) atoms. The molecule has 2 N–H and O–H groups in total. The molecule has 0 aliphatic rings. The highest BCUT2D eigenvalue weighted by Gasteiger charge is 1.99. The van der Waals surface area contributed by atoms with Crippen LogP contribution in [0.1, 0.15) is 19.4 Å². The van der Waals surface area contributed by atoms with Gasteiger partial charge in [0.25, 0.3) is 0 Å². The van der Waals surface area contributed by atoms with Crippen molar-refractivity contribution in [1.29, 1.82) is 0 Å². The van der Waals surface area contributed by atoms with Crippen LogP contribution in [0.4, 0.5) is 0 Å². The molecule has 0 bridgehead atoms. The minimum absolute atomic E-state index is 0.570. The molecule has 88 valence electrons. The van der Waals surface area contributed by atoms with E-state index in [1.807, 2.05) is 12.1 Å². The first kappa shape index (κ1) is 12.6. The maximum atomic E-state index is 5.86. The molecule has 0 aliphatic heterocycles. The average molecular weight is 220 g/mol. The van der Waals surface area contributed by atoms with Crippen molar-refractivity contribution in [3.05, 3.63) is 30.1 Å². The molecule has 1 aromatic rings. The summed E-state index contributed by atoms with van der Waals surface area (Å²) in [6, 6.07) is 3.78. The summed E-state index contributed by atoms with van der Waals surface area (Å²) in [5.74, 6) is 0.570. The number of hydrogen-bond acceptors (Lipinski definition) is 3. The van der Waals surface area contributed by atoms with Gasteiger partial charge in [0.05, 0.1) is 6.54 Å². The molecule has 4 nitrogen and oxygen atoms in total. The van der Waals surface area contributed by atoms with E-state index in [1.165, 1.54) is 0 Å². The third kappa shape index (κ3) is 3.98. The maximum absolute atomic E-state index is 5.86. The van der Waals surface area contributed by atoms with Gasteiger partial charge in [0, 0.05) is 24.5 Å². The summed E-state index contributed by atoms with van der Waals surface area (Å²) in [4.78, 5) is 10.7. The highest BCUT2D eigenvalue weighted by molar-refractivity contribution is 5.97. The minimum Gasteiger partial charge on any atom is -0.383 e. The molecule has 0 aromatic carbocycles. The SMILES string of the molecule is CCN(CC)CCN=C(N)c1cccnc1. The van der Waals surface area contributed by atoms with E-state index >= 15 is 0 Å². The van der Waals surface area contributed by atoms with Crippen LogP contribution in [0.5, 0.6) is 0 Å². The molecule has 1 rings (SSSR count). The van der Waals surface area contributed by atoms with Crippen molar-refractivity contribution < 1.29 is 0 Å². The van der Waals surface area contributed by atoms with E-state index in [2.05, 4.69) is 28.7 Å². The van der Waals surface area contributed by atoms with Crippen molar-refractivity contribution in [1.82, 2.24) is 9.88 Å². The van der Waals surface area contributed by atoms with Crippen LogP contribution in [0, 0.1) is 0 Å². The fourth-order valence-corrected chi connectivity index (χ4v) is 1.46. The van der Waals surface area contributed by atoms with Crippen LogP contribution < -0.4 is 5.73 Å². The lowest BCUT2D eigenvalue weighted by atomic mass is 10.3. The van der Waals surface area contributed by atoms with Crippen LogP contribution in [0.15, 0.2) is 29.5 Å². The van der Waals surface area contributed by atoms with E-state index in [0.717, 1.165) is 31.7 Å². The Labute approximate surface area is 97.2 Å². The topological polar surface area (TPSA) is 54.5 Å². The first-order valence-electron chi connectivity index (χ1n) is 5.70. The zero-order valence-corrected chi connectivity index (χ0v) is 10.1. The molecule has 0 atom stereocenters. The van der Waals surface area contributed by atoms with Crippen molar-refractivity contribution in [2.45, 2.75) is 13.8 Å². The number of aliphatic imine (C=N–C) groups is 1. The van der Waals surface area contributed by atoms with E-state index in [-0.39, 0.29) is 0 Å². The van der Waals surface area contributed by atoms with Crippen LogP contribution in [0.2, 0.25) is 0 Å². The summed E-state index contributed by atoms with van der Waals surface area (Å²) in [5.41, 5.74) is 6.75. The van der Waals surface area contributed by atoms with Gasteiger partial charge < -0.3 is 10.6 Å². The molecule has 0 radical (unpaired) electrons. The molecule has 0 spiro atoms. The van der Waals surface area contributed by atoms with Gasteiger partial charge in [-0.05, 0) is 25.2 Å². The number of likely N-dealkylation sites (N-methyl/N-ethyl adjacent to an activating group) is 1. The normalized spacial score (nSPS) is 12.1. The van der Waals surface area contributed by atoms with Gasteiger partial charge in [-0.1, -0.05) is 13.8 Å². The Bertz CT molecular complexity index is 317. The molecular formula is C12H20N4. The standard InChI is InChI=1S/C12H20N4/c1-3-16(4-2)9-8-15-12(13)11-6-5-7-14-10-11/h5-7,10H,3-4,8-9H2,1-2H3,(H2,13,15). The highest BCUT2D eigenvalue weighted by atomic mass is 15.1. The maximum Gasteiger partial charge on any atom is 0.127 e. The Morgan fingerprint density at radius 1 is 1.44 bits per heavy atom. The number of rotatable bonds is 6. The van der Waals surface area contributed by atoms with Crippen molar-refractivity contribution >= 4 is 5.84 Å². The second-order valence-electron chi connectivity index (χ2n) is 3.54. The van der Waals surface area contributed by atoms with Crippen LogP contribution in [-0.2, 0) is 0 Å². The Balaban J connectivity index is 2.46. The molecule has 0 fully saturated rings. The summed E-state index contributed by atoms with van der Waals surface area (Å²) in [5, 5.41) is 0. The van der Waals surface area contributed by atoms with Gasteiger partial charge in [0.15, 0.2) is 0 Å². The van der Waals surface area contributed by atoms with Crippen molar-refractivity contribution in [3.8, 4) is 0 Å². The Morgan fingerprint density at radius 3 is 2.75 bits per heavy atom. The van der Waals surface area contributed by atoms with E-state index in [4.69, 9.17) is 5.73 Å². The summed E-state index contributed by atoms with van der Waals surface area (Å²) in [6.45, 7) is 8.10. The van der Waals surface area contributed by atoms with Crippen molar-refractivity contribution in [2.75, 3.05) is 26.2 Å². The minimum atomic E-state index is 0.570. The second-order valence-corrected chi connectivity index (χ2v) is 3.54. The molecule has 1 aromatic heterocycles. The van der Waals surface area contributed by atoms with E-state index < -0.39 is 0 Å². The fourth-order valence-electron chi connectivity index (χ4n) is 1.46. The van der Waals surface area contributed by atoms with Crippen molar-refractivity contribution in [3.63, 3.8) is 0 Å². The first-order chi connectivity index (χ1) is 7.77. The Morgan fingerprint density at radius 2 is 2.19 bits per heavy atom. The third-order valence-electron chi connectivity index (χ3n) is 2.55. The number of nitrogens with two attached hydrogens (primary N) is 1. The summed E-state index contributed by atoms with van der Waals surface area (Å²) < 4.78 is 0. The van der Waals surface area contributed by atoms with Gasteiger partial charge >= 0.3 is 0 Å². The number of nitrogens with zero attached hydrogens (tertiary/aromatic N) is 3. The zero-order valence-electron chi connectivity index (χ0n) is 10.1. The van der Waals surface area contributed by atoms with Gasteiger partial charge in [-0.15, -0.1) is 0 Å². The number of aromatic nitrogens is 1. The predicted molar refractivity (Wildman–Crippen MR) is 67.6 cm³/mol. The first-order valence-corrected chi connectivity index (χ1v) is 5.70. The second kappa shape index (κ2) is 6.95. The lowest BCUT2D eigenvalue weighted by molar-refractivity contribution is 0.313. The molecular weight excluding hydrogens is 200 g/mol. The van der Waals surface area contributed by atoms with Crippen LogP contribution in [-0.4, -0.2) is 41.9 Å². The molecule has 0 aliphatic carbocycles. The van der Waals surface area contributed by atoms with Crippen LogP contribution >= 0.6 is 0 Å². The monoisotopic (exact) mass is 220 g/mol. The van der Waals surface area contributed by atoms with Crippen LogP contribution in [0.3, 0.4) is 0 Å². The molecule has 0 amide bonds. The molecule has 0 saturated heterocycles. The van der Waals surface area contributed by atoms with Gasteiger partial charge in [0.2, 0.25) is 0 Å². The molecule has 0 unspecified atom stereocenters. The van der Waals surface area contributed by atoms with Gasteiger partial charge in [-0.25, -0.2) is 0 Å². The highest BCUT2D eigenvalue weighted by Crippen LogP contribution is 1.95. The quantitative estimate of drug-likeness (QED) is 0.577. The molecule has 1 heterocycles. The summed E-state index contributed by atoms with van der Waals surface area (Å²) >= 11 is 0. The molecule has 4 heteroatoms. The number of pyridine rings is 1. The van der Waals surface area contributed by atoms with Gasteiger partial charge in [-0.3, -0.25) is 9.98 Å². The van der Waals surface area contributed by atoms with E-state index in [0.29, 0.717) is 5.84 Å². The fraction of sp³-hybridized carbons (Fsp3) is 0.500. The lowest BCUT2D eigenvalue weighted by Gasteiger charge is -2.16.